The number of carbonyl (C=O) groups excluding carboxylic acids is 1. The van der Waals surface area contributed by atoms with Crippen LogP contribution in [0.2, 0.25) is 0 Å². The summed E-state index contributed by atoms with van der Waals surface area (Å²) in [7, 11) is 1.45. The SMILES string of the molecule is COc1ccc(F)cc1NC(=O)C(C)CN. The van der Waals surface area contributed by atoms with Gasteiger partial charge in [0.1, 0.15) is 11.6 Å². The highest BCUT2D eigenvalue weighted by Gasteiger charge is 2.13. The molecule has 0 bridgehead atoms. The van der Waals surface area contributed by atoms with E-state index in [9.17, 15) is 9.18 Å². The first-order valence-electron chi connectivity index (χ1n) is 4.93. The average Bonchev–Trinajstić information content (AvgIpc) is 2.28. The van der Waals surface area contributed by atoms with Crippen LogP contribution in [0.4, 0.5) is 10.1 Å². The van der Waals surface area contributed by atoms with Gasteiger partial charge in [-0.1, -0.05) is 6.92 Å². The van der Waals surface area contributed by atoms with Gasteiger partial charge in [-0.05, 0) is 12.1 Å². The van der Waals surface area contributed by atoms with Gasteiger partial charge in [0, 0.05) is 18.5 Å². The van der Waals surface area contributed by atoms with E-state index in [0.717, 1.165) is 0 Å². The van der Waals surface area contributed by atoms with E-state index in [4.69, 9.17) is 10.5 Å². The molecule has 1 aromatic rings. The van der Waals surface area contributed by atoms with Crippen molar-refractivity contribution < 1.29 is 13.9 Å². The first-order chi connectivity index (χ1) is 7.58. The van der Waals surface area contributed by atoms with Crippen molar-refractivity contribution in [3.63, 3.8) is 0 Å². The van der Waals surface area contributed by atoms with Crippen molar-refractivity contribution in [3.8, 4) is 5.75 Å². The highest BCUT2D eigenvalue weighted by atomic mass is 19.1. The molecule has 5 heteroatoms. The summed E-state index contributed by atoms with van der Waals surface area (Å²) >= 11 is 0. The minimum absolute atomic E-state index is 0.240. The van der Waals surface area contributed by atoms with E-state index in [-0.39, 0.29) is 18.4 Å². The summed E-state index contributed by atoms with van der Waals surface area (Å²) in [6.07, 6.45) is 0. The third-order valence-corrected chi connectivity index (χ3v) is 2.22. The Morgan fingerprint density at radius 3 is 2.88 bits per heavy atom. The zero-order valence-corrected chi connectivity index (χ0v) is 9.29. The van der Waals surface area contributed by atoms with Crippen molar-refractivity contribution in [2.75, 3.05) is 19.0 Å². The Kier molecular flexibility index (Phi) is 4.25. The molecule has 0 aromatic heterocycles. The Morgan fingerprint density at radius 1 is 1.62 bits per heavy atom. The maximum Gasteiger partial charge on any atom is 0.228 e. The van der Waals surface area contributed by atoms with Gasteiger partial charge in [0.25, 0.3) is 0 Å². The normalized spacial score (nSPS) is 12.0. The molecular formula is C11H15FN2O2. The second kappa shape index (κ2) is 5.46. The number of benzene rings is 1. The van der Waals surface area contributed by atoms with Gasteiger partial charge in [-0.15, -0.1) is 0 Å². The molecule has 3 N–H and O–H groups in total. The Labute approximate surface area is 93.6 Å². The summed E-state index contributed by atoms with van der Waals surface area (Å²) in [5, 5.41) is 2.57. The Bertz CT molecular complexity index is 382. The summed E-state index contributed by atoms with van der Waals surface area (Å²) < 4.78 is 18.0. The van der Waals surface area contributed by atoms with Crippen LogP contribution in [0.25, 0.3) is 0 Å². The summed E-state index contributed by atoms with van der Waals surface area (Å²) in [6, 6.07) is 3.93. The molecule has 1 unspecified atom stereocenters. The van der Waals surface area contributed by atoms with Crippen LogP contribution < -0.4 is 15.8 Å². The molecule has 0 saturated heterocycles. The number of halogens is 1. The molecule has 0 aliphatic rings. The highest BCUT2D eigenvalue weighted by molar-refractivity contribution is 5.93. The maximum absolute atomic E-state index is 13.0. The van der Waals surface area contributed by atoms with E-state index in [1.54, 1.807) is 6.92 Å². The number of rotatable bonds is 4. The monoisotopic (exact) mass is 226 g/mol. The van der Waals surface area contributed by atoms with Crippen LogP contribution in [-0.2, 0) is 4.79 Å². The molecule has 0 radical (unpaired) electrons. The zero-order valence-electron chi connectivity index (χ0n) is 9.29. The lowest BCUT2D eigenvalue weighted by Crippen LogP contribution is -2.26. The largest absolute Gasteiger partial charge is 0.495 e. The lowest BCUT2D eigenvalue weighted by atomic mass is 10.1. The quantitative estimate of drug-likeness (QED) is 0.814. The molecule has 1 atom stereocenters. The van der Waals surface area contributed by atoms with Gasteiger partial charge in [0.2, 0.25) is 5.91 Å². The fraction of sp³-hybridized carbons (Fsp3) is 0.364. The van der Waals surface area contributed by atoms with Crippen LogP contribution >= 0.6 is 0 Å². The summed E-state index contributed by atoms with van der Waals surface area (Å²) in [5.74, 6) is -0.602. The Balaban J connectivity index is 2.87. The van der Waals surface area contributed by atoms with Gasteiger partial charge < -0.3 is 15.8 Å². The minimum atomic E-state index is -0.434. The van der Waals surface area contributed by atoms with Crippen molar-refractivity contribution in [2.45, 2.75) is 6.92 Å². The van der Waals surface area contributed by atoms with Crippen LogP contribution in [-0.4, -0.2) is 19.6 Å². The second-order valence-corrected chi connectivity index (χ2v) is 3.47. The third-order valence-electron chi connectivity index (χ3n) is 2.22. The van der Waals surface area contributed by atoms with Gasteiger partial charge in [-0.3, -0.25) is 4.79 Å². The van der Waals surface area contributed by atoms with Crippen molar-refractivity contribution >= 4 is 11.6 Å². The topological polar surface area (TPSA) is 64.3 Å². The number of anilines is 1. The van der Waals surface area contributed by atoms with Crippen LogP contribution in [0.15, 0.2) is 18.2 Å². The van der Waals surface area contributed by atoms with Crippen LogP contribution in [0.1, 0.15) is 6.92 Å². The van der Waals surface area contributed by atoms with Crippen molar-refractivity contribution in [1.29, 1.82) is 0 Å². The van der Waals surface area contributed by atoms with Crippen LogP contribution in [0.3, 0.4) is 0 Å². The number of hydrogen-bond donors (Lipinski definition) is 2. The van der Waals surface area contributed by atoms with Gasteiger partial charge in [0.05, 0.1) is 12.8 Å². The van der Waals surface area contributed by atoms with Crippen molar-refractivity contribution in [3.05, 3.63) is 24.0 Å². The smallest absolute Gasteiger partial charge is 0.228 e. The first-order valence-corrected chi connectivity index (χ1v) is 4.93. The van der Waals surface area contributed by atoms with E-state index in [0.29, 0.717) is 11.4 Å². The van der Waals surface area contributed by atoms with Gasteiger partial charge in [0.15, 0.2) is 0 Å². The number of methoxy groups -OCH3 is 1. The molecule has 0 fully saturated rings. The van der Waals surface area contributed by atoms with E-state index in [1.165, 1.54) is 25.3 Å². The fourth-order valence-corrected chi connectivity index (χ4v) is 1.14. The maximum atomic E-state index is 13.0. The second-order valence-electron chi connectivity index (χ2n) is 3.47. The van der Waals surface area contributed by atoms with Gasteiger partial charge in [-0.2, -0.15) is 0 Å². The molecule has 0 saturated carbocycles. The van der Waals surface area contributed by atoms with E-state index >= 15 is 0 Å². The molecule has 16 heavy (non-hydrogen) atoms. The third kappa shape index (κ3) is 2.93. The summed E-state index contributed by atoms with van der Waals surface area (Å²) in [5.41, 5.74) is 5.67. The van der Waals surface area contributed by atoms with E-state index < -0.39 is 5.82 Å². The fourth-order valence-electron chi connectivity index (χ4n) is 1.14. The number of nitrogens with two attached hydrogens (primary N) is 1. The number of carbonyl (C=O) groups is 1. The van der Waals surface area contributed by atoms with E-state index in [1.807, 2.05) is 0 Å². The molecular weight excluding hydrogens is 211 g/mol. The van der Waals surface area contributed by atoms with Crippen LogP contribution in [0.5, 0.6) is 5.75 Å². The molecule has 1 aromatic carbocycles. The summed E-state index contributed by atoms with van der Waals surface area (Å²) in [6.45, 7) is 1.94. The zero-order chi connectivity index (χ0) is 12.1. The molecule has 1 rings (SSSR count). The lowest BCUT2D eigenvalue weighted by molar-refractivity contribution is -0.119. The van der Waals surface area contributed by atoms with Crippen molar-refractivity contribution in [1.82, 2.24) is 0 Å². The minimum Gasteiger partial charge on any atom is -0.495 e. The number of ether oxygens (including phenoxy) is 1. The number of hydrogen-bond acceptors (Lipinski definition) is 3. The molecule has 0 aliphatic carbocycles. The number of nitrogens with one attached hydrogen (secondary N) is 1. The van der Waals surface area contributed by atoms with Gasteiger partial charge >= 0.3 is 0 Å². The molecule has 0 spiro atoms. The summed E-state index contributed by atoms with van der Waals surface area (Å²) in [4.78, 5) is 11.6. The van der Waals surface area contributed by atoms with Crippen molar-refractivity contribution in [2.24, 2.45) is 11.7 Å². The average molecular weight is 226 g/mol. The lowest BCUT2D eigenvalue weighted by Gasteiger charge is -2.12. The first kappa shape index (κ1) is 12.4. The van der Waals surface area contributed by atoms with Crippen LogP contribution in [0, 0.1) is 11.7 Å². The highest BCUT2D eigenvalue weighted by Crippen LogP contribution is 2.25. The molecule has 0 heterocycles. The standard InChI is InChI=1S/C11H15FN2O2/c1-7(6-13)11(15)14-9-5-8(12)3-4-10(9)16-2/h3-5,7H,6,13H2,1-2H3,(H,14,15). The van der Waals surface area contributed by atoms with Gasteiger partial charge in [-0.25, -0.2) is 4.39 Å². The molecule has 88 valence electrons. The molecule has 4 nitrogen and oxygen atoms in total. The molecule has 1 amide bonds. The van der Waals surface area contributed by atoms with E-state index in [2.05, 4.69) is 5.32 Å². The predicted molar refractivity (Wildman–Crippen MR) is 59.8 cm³/mol. The Hall–Kier alpha value is -1.62. The number of amides is 1. The Morgan fingerprint density at radius 2 is 2.31 bits per heavy atom. The predicted octanol–water partition coefficient (Wildman–Crippen LogP) is 1.37. The molecule has 0 aliphatic heterocycles.